The maximum atomic E-state index is 4.54. The average molecular weight is 276 g/mol. The highest BCUT2D eigenvalue weighted by Gasteiger charge is 2.07. The molecule has 1 nitrogen and oxygen atoms in total. The Labute approximate surface area is 99.1 Å². The molecule has 0 radical (unpaired) electrons. The average Bonchev–Trinajstić information content (AvgIpc) is 2.44. The van der Waals surface area contributed by atoms with Crippen LogP contribution < -0.4 is 0 Å². The molecule has 80 valence electrons. The van der Waals surface area contributed by atoms with Crippen molar-refractivity contribution in [3.8, 4) is 0 Å². The molecule has 0 saturated carbocycles. The summed E-state index contributed by atoms with van der Waals surface area (Å²) in [5.74, 6) is 0. The van der Waals surface area contributed by atoms with Crippen LogP contribution in [0.15, 0.2) is 0 Å². The maximum Gasteiger partial charge on any atom is 0.0931 e. The number of aryl methyl sites for hydroxylation is 3. The lowest BCUT2D eigenvalue weighted by Crippen LogP contribution is -1.99. The van der Waals surface area contributed by atoms with Crippen molar-refractivity contribution in [1.82, 2.24) is 4.98 Å². The number of hydrogen-bond donors (Lipinski definition) is 0. The predicted molar refractivity (Wildman–Crippen MR) is 67.5 cm³/mol. The second-order valence-corrected chi connectivity index (χ2v) is 6.26. The maximum absolute atomic E-state index is 4.54. The SMILES string of the molecule is CCCC(Br)CCc1nc(C)c(C)s1. The van der Waals surface area contributed by atoms with Gasteiger partial charge in [0.05, 0.1) is 10.7 Å². The van der Waals surface area contributed by atoms with Gasteiger partial charge in [0.25, 0.3) is 0 Å². The highest BCUT2D eigenvalue weighted by atomic mass is 79.9. The number of hydrogen-bond acceptors (Lipinski definition) is 2. The molecule has 0 aliphatic rings. The monoisotopic (exact) mass is 275 g/mol. The van der Waals surface area contributed by atoms with Gasteiger partial charge in [-0.3, -0.25) is 0 Å². The Balaban J connectivity index is 2.38. The van der Waals surface area contributed by atoms with Crippen LogP contribution in [0.2, 0.25) is 0 Å². The van der Waals surface area contributed by atoms with E-state index in [4.69, 9.17) is 0 Å². The highest BCUT2D eigenvalue weighted by molar-refractivity contribution is 9.09. The molecule has 0 bridgehead atoms. The van der Waals surface area contributed by atoms with E-state index in [2.05, 4.69) is 41.7 Å². The predicted octanol–water partition coefficient (Wildman–Crippen LogP) is 4.26. The Kier molecular flexibility index (Phi) is 5.10. The summed E-state index contributed by atoms with van der Waals surface area (Å²) in [4.78, 5) is 6.57. The standard InChI is InChI=1S/C11H18BrNS/c1-4-5-10(12)6-7-11-13-8(2)9(3)14-11/h10H,4-7H2,1-3H3. The molecular formula is C11H18BrNS. The van der Waals surface area contributed by atoms with Crippen LogP contribution in [0.5, 0.6) is 0 Å². The minimum absolute atomic E-state index is 0.664. The van der Waals surface area contributed by atoms with Gasteiger partial charge in [-0.05, 0) is 26.7 Å². The molecule has 1 aromatic heterocycles. The van der Waals surface area contributed by atoms with Gasteiger partial charge in [-0.15, -0.1) is 11.3 Å². The first-order valence-electron chi connectivity index (χ1n) is 5.20. The molecule has 1 heterocycles. The number of alkyl halides is 1. The van der Waals surface area contributed by atoms with Gasteiger partial charge < -0.3 is 0 Å². The minimum Gasteiger partial charge on any atom is -0.246 e. The van der Waals surface area contributed by atoms with E-state index >= 15 is 0 Å². The lowest BCUT2D eigenvalue weighted by atomic mass is 10.1. The minimum atomic E-state index is 0.664. The highest BCUT2D eigenvalue weighted by Crippen LogP contribution is 2.21. The number of aromatic nitrogens is 1. The molecule has 0 N–H and O–H groups in total. The zero-order valence-corrected chi connectivity index (χ0v) is 11.5. The molecule has 3 heteroatoms. The van der Waals surface area contributed by atoms with Crippen LogP contribution in [0.3, 0.4) is 0 Å². The van der Waals surface area contributed by atoms with Crippen LogP contribution >= 0.6 is 27.3 Å². The summed E-state index contributed by atoms with van der Waals surface area (Å²) in [6.45, 7) is 6.47. The fourth-order valence-corrected chi connectivity index (χ4v) is 3.02. The van der Waals surface area contributed by atoms with Gasteiger partial charge in [0.1, 0.15) is 0 Å². The third-order valence-corrected chi connectivity index (χ3v) is 4.39. The van der Waals surface area contributed by atoms with Crippen molar-refractivity contribution in [2.75, 3.05) is 0 Å². The van der Waals surface area contributed by atoms with Gasteiger partial charge in [-0.2, -0.15) is 0 Å². The second-order valence-electron chi connectivity index (χ2n) is 3.67. The Hall–Kier alpha value is 0.110. The topological polar surface area (TPSA) is 12.9 Å². The van der Waals surface area contributed by atoms with Crippen LogP contribution in [0.4, 0.5) is 0 Å². The van der Waals surface area contributed by atoms with Gasteiger partial charge in [0.15, 0.2) is 0 Å². The van der Waals surface area contributed by atoms with Crippen molar-refractivity contribution in [3.63, 3.8) is 0 Å². The summed E-state index contributed by atoms with van der Waals surface area (Å²) < 4.78 is 0. The van der Waals surface area contributed by atoms with Crippen molar-refractivity contribution in [2.24, 2.45) is 0 Å². The molecule has 0 aliphatic carbocycles. The van der Waals surface area contributed by atoms with Crippen LogP contribution in [-0.2, 0) is 6.42 Å². The first kappa shape index (κ1) is 12.2. The smallest absolute Gasteiger partial charge is 0.0931 e. The molecule has 0 saturated heterocycles. The zero-order valence-electron chi connectivity index (χ0n) is 9.14. The second kappa shape index (κ2) is 5.86. The van der Waals surface area contributed by atoms with Crippen LogP contribution in [-0.4, -0.2) is 9.81 Å². The van der Waals surface area contributed by atoms with Gasteiger partial charge in [-0.25, -0.2) is 4.98 Å². The quantitative estimate of drug-likeness (QED) is 0.732. The molecule has 0 amide bonds. The van der Waals surface area contributed by atoms with E-state index in [1.54, 1.807) is 0 Å². The van der Waals surface area contributed by atoms with E-state index in [1.165, 1.54) is 34.8 Å². The summed E-state index contributed by atoms with van der Waals surface area (Å²) >= 11 is 5.54. The first-order chi connectivity index (χ1) is 6.63. The molecule has 0 aliphatic heterocycles. The molecule has 1 unspecified atom stereocenters. The lowest BCUT2D eigenvalue weighted by Gasteiger charge is -2.05. The van der Waals surface area contributed by atoms with Crippen LogP contribution in [0.1, 0.15) is 41.8 Å². The summed E-state index contributed by atoms with van der Waals surface area (Å²) in [6, 6.07) is 0. The number of thiazole rings is 1. The molecule has 0 aromatic carbocycles. The van der Waals surface area contributed by atoms with Crippen molar-refractivity contribution in [2.45, 2.75) is 51.3 Å². The van der Waals surface area contributed by atoms with E-state index in [0.717, 1.165) is 6.42 Å². The van der Waals surface area contributed by atoms with Gasteiger partial charge in [0, 0.05) is 16.1 Å². The molecule has 1 rings (SSSR count). The van der Waals surface area contributed by atoms with Crippen molar-refractivity contribution in [3.05, 3.63) is 15.6 Å². The van der Waals surface area contributed by atoms with E-state index in [9.17, 15) is 0 Å². The largest absolute Gasteiger partial charge is 0.246 e. The number of nitrogens with zero attached hydrogens (tertiary/aromatic N) is 1. The van der Waals surface area contributed by atoms with Gasteiger partial charge in [-0.1, -0.05) is 29.3 Å². The third kappa shape index (κ3) is 3.70. The molecule has 14 heavy (non-hydrogen) atoms. The normalized spacial score (nSPS) is 13.1. The summed E-state index contributed by atoms with van der Waals surface area (Å²) in [7, 11) is 0. The van der Waals surface area contributed by atoms with Crippen molar-refractivity contribution < 1.29 is 0 Å². The first-order valence-corrected chi connectivity index (χ1v) is 6.93. The van der Waals surface area contributed by atoms with E-state index < -0.39 is 0 Å². The fourth-order valence-electron chi connectivity index (χ4n) is 1.38. The van der Waals surface area contributed by atoms with E-state index in [1.807, 2.05) is 11.3 Å². The molecule has 0 spiro atoms. The molecular weight excluding hydrogens is 258 g/mol. The summed E-state index contributed by atoms with van der Waals surface area (Å²) in [5.41, 5.74) is 1.20. The Morgan fingerprint density at radius 2 is 2.07 bits per heavy atom. The summed E-state index contributed by atoms with van der Waals surface area (Å²) in [6.07, 6.45) is 4.85. The summed E-state index contributed by atoms with van der Waals surface area (Å²) in [5, 5.41) is 1.29. The lowest BCUT2D eigenvalue weighted by molar-refractivity contribution is 0.691. The van der Waals surface area contributed by atoms with E-state index in [-0.39, 0.29) is 0 Å². The third-order valence-electron chi connectivity index (χ3n) is 2.35. The van der Waals surface area contributed by atoms with Crippen LogP contribution in [0, 0.1) is 13.8 Å². The Morgan fingerprint density at radius 1 is 1.36 bits per heavy atom. The Morgan fingerprint density at radius 3 is 2.57 bits per heavy atom. The number of rotatable bonds is 5. The fraction of sp³-hybridized carbons (Fsp3) is 0.727. The molecule has 1 atom stereocenters. The Bertz CT molecular complexity index is 263. The van der Waals surface area contributed by atoms with E-state index in [0.29, 0.717) is 4.83 Å². The number of halogens is 1. The van der Waals surface area contributed by atoms with Crippen LogP contribution in [0.25, 0.3) is 0 Å². The van der Waals surface area contributed by atoms with Gasteiger partial charge >= 0.3 is 0 Å². The van der Waals surface area contributed by atoms with Gasteiger partial charge in [0.2, 0.25) is 0 Å². The van der Waals surface area contributed by atoms with Crippen molar-refractivity contribution in [1.29, 1.82) is 0 Å². The zero-order chi connectivity index (χ0) is 10.6. The van der Waals surface area contributed by atoms with Crippen molar-refractivity contribution >= 4 is 27.3 Å². The molecule has 0 fully saturated rings. The molecule has 1 aromatic rings.